The molecule has 1 aromatic rings. The van der Waals surface area contributed by atoms with E-state index in [2.05, 4.69) is 29.3 Å². The standard InChI is InChI=1S/C8H8Cl.Al/c1-6-4-3-5-8(9)7(6)2;/h3-4H,1-2H3;. The van der Waals surface area contributed by atoms with Crippen LogP contribution < -0.4 is 4.43 Å². The van der Waals surface area contributed by atoms with E-state index in [1.54, 1.807) is 0 Å². The lowest BCUT2D eigenvalue weighted by Gasteiger charge is -2.05. The number of hydrogen-bond acceptors (Lipinski definition) is 0. The molecule has 0 nitrogen and oxygen atoms in total. The van der Waals surface area contributed by atoms with E-state index in [9.17, 15) is 0 Å². The normalized spacial score (nSPS) is 9.90. The van der Waals surface area contributed by atoms with Gasteiger partial charge >= 0.3 is 0 Å². The van der Waals surface area contributed by atoms with E-state index in [4.69, 9.17) is 11.6 Å². The average Bonchev–Trinajstić information content (AvgIpc) is 1.93. The molecule has 0 aliphatic heterocycles. The Balaban J connectivity index is 3.34. The van der Waals surface area contributed by atoms with Gasteiger partial charge in [0.2, 0.25) is 0 Å². The topological polar surface area (TPSA) is 0 Å². The quantitative estimate of drug-likeness (QED) is 0.515. The van der Waals surface area contributed by atoms with Crippen LogP contribution in [0.4, 0.5) is 0 Å². The summed E-state index contributed by atoms with van der Waals surface area (Å²) >= 11 is 8.57. The Morgan fingerprint density at radius 3 is 2.40 bits per heavy atom. The Morgan fingerprint density at radius 2 is 1.90 bits per heavy atom. The molecule has 2 radical (unpaired) electrons. The first-order chi connectivity index (χ1) is 4.63. The summed E-state index contributed by atoms with van der Waals surface area (Å²) in [5, 5.41) is 0.866. The number of benzene rings is 1. The van der Waals surface area contributed by atoms with Crippen molar-refractivity contribution in [2.45, 2.75) is 13.8 Å². The molecular formula is C8H8AlCl. The summed E-state index contributed by atoms with van der Waals surface area (Å²) in [6.45, 7) is 4.09. The molecule has 1 rings (SSSR count). The van der Waals surface area contributed by atoms with Crippen molar-refractivity contribution in [2.75, 3.05) is 0 Å². The molecule has 0 saturated heterocycles. The summed E-state index contributed by atoms with van der Waals surface area (Å²) in [4.78, 5) is 0. The predicted molar refractivity (Wildman–Crippen MR) is 46.3 cm³/mol. The fourth-order valence-corrected chi connectivity index (χ4v) is 1.33. The summed E-state index contributed by atoms with van der Waals surface area (Å²) in [6, 6.07) is 4.08. The maximum Gasteiger partial charge on any atom is 0.178 e. The van der Waals surface area contributed by atoms with E-state index < -0.39 is 0 Å². The Hall–Kier alpha value is 0.0425. The van der Waals surface area contributed by atoms with Crippen LogP contribution in [0.5, 0.6) is 0 Å². The minimum atomic E-state index is 0.866. The smallest absolute Gasteiger partial charge is 0.121 e. The highest BCUT2D eigenvalue weighted by Crippen LogP contribution is 2.14. The molecule has 0 N–H and O–H groups in total. The van der Waals surface area contributed by atoms with Crippen molar-refractivity contribution in [3.05, 3.63) is 28.3 Å². The molecule has 0 aliphatic carbocycles. The molecule has 0 saturated carbocycles. The number of halogens is 1. The van der Waals surface area contributed by atoms with E-state index in [1.807, 2.05) is 13.0 Å². The lowest BCUT2D eigenvalue weighted by atomic mass is 10.1. The van der Waals surface area contributed by atoms with Crippen molar-refractivity contribution in [3.63, 3.8) is 0 Å². The maximum atomic E-state index is 5.96. The monoisotopic (exact) mass is 166 g/mol. The molecule has 0 heterocycles. The van der Waals surface area contributed by atoms with Gasteiger partial charge in [-0.3, -0.25) is 0 Å². The van der Waals surface area contributed by atoms with Gasteiger partial charge in [0.05, 0.1) is 0 Å². The van der Waals surface area contributed by atoms with Gasteiger partial charge < -0.3 is 0 Å². The molecule has 10 heavy (non-hydrogen) atoms. The second-order valence-corrected chi connectivity index (χ2v) is 3.41. The van der Waals surface area contributed by atoms with Gasteiger partial charge in [-0.05, 0) is 25.0 Å². The highest BCUT2D eigenvalue weighted by Gasteiger charge is 1.98. The van der Waals surface area contributed by atoms with E-state index in [1.165, 1.54) is 11.1 Å². The zero-order valence-electron chi connectivity index (χ0n) is 6.11. The second kappa shape index (κ2) is 2.97. The van der Waals surface area contributed by atoms with Crippen LogP contribution in [-0.4, -0.2) is 16.3 Å². The van der Waals surface area contributed by atoms with Crippen molar-refractivity contribution in [2.24, 2.45) is 0 Å². The molecule has 2 heteroatoms. The highest BCUT2D eigenvalue weighted by molar-refractivity contribution is 6.45. The van der Waals surface area contributed by atoms with Crippen LogP contribution in [0.3, 0.4) is 0 Å². The fraction of sp³-hybridized carbons (Fsp3) is 0.250. The summed E-state index contributed by atoms with van der Waals surface area (Å²) < 4.78 is 1.07. The molecule has 0 unspecified atom stereocenters. The number of rotatable bonds is 0. The van der Waals surface area contributed by atoms with Crippen LogP contribution in [0.15, 0.2) is 12.1 Å². The summed E-state index contributed by atoms with van der Waals surface area (Å²) in [5.74, 6) is 0. The first kappa shape index (κ1) is 8.14. The van der Waals surface area contributed by atoms with Crippen molar-refractivity contribution < 1.29 is 0 Å². The average molecular weight is 167 g/mol. The zero-order valence-corrected chi connectivity index (χ0v) is 8.02. The molecular weight excluding hydrogens is 159 g/mol. The minimum Gasteiger partial charge on any atom is -0.121 e. The maximum absolute atomic E-state index is 5.96. The van der Waals surface area contributed by atoms with E-state index in [-0.39, 0.29) is 0 Å². The SMILES string of the molecule is Cc1cc[c]([Al])c(Cl)c1C. The molecule has 50 valence electrons. The van der Waals surface area contributed by atoms with Gasteiger partial charge in [-0.25, -0.2) is 0 Å². The zero-order chi connectivity index (χ0) is 7.72. The molecule has 0 aliphatic rings. The van der Waals surface area contributed by atoms with Gasteiger partial charge in [0, 0.05) is 5.02 Å². The summed E-state index contributed by atoms with van der Waals surface area (Å²) in [5.41, 5.74) is 2.42. The van der Waals surface area contributed by atoms with E-state index >= 15 is 0 Å². The van der Waals surface area contributed by atoms with Crippen LogP contribution in [0.25, 0.3) is 0 Å². The molecule has 0 atom stereocenters. The van der Waals surface area contributed by atoms with Crippen LogP contribution in [0.2, 0.25) is 5.02 Å². The van der Waals surface area contributed by atoms with Crippen molar-refractivity contribution >= 4 is 32.3 Å². The van der Waals surface area contributed by atoms with Gasteiger partial charge in [0.15, 0.2) is 16.3 Å². The molecule has 0 amide bonds. The Morgan fingerprint density at radius 1 is 1.30 bits per heavy atom. The van der Waals surface area contributed by atoms with Crippen molar-refractivity contribution in [1.82, 2.24) is 0 Å². The van der Waals surface area contributed by atoms with Crippen LogP contribution in [0.1, 0.15) is 11.1 Å². The van der Waals surface area contributed by atoms with Gasteiger partial charge in [-0.2, -0.15) is 0 Å². The minimum absolute atomic E-state index is 0.866. The van der Waals surface area contributed by atoms with Gasteiger partial charge in [0.1, 0.15) is 0 Å². The Bertz CT molecular complexity index is 229. The lowest BCUT2D eigenvalue weighted by Crippen LogP contribution is -2.05. The van der Waals surface area contributed by atoms with Gasteiger partial charge in [-0.15, -0.1) is 4.43 Å². The van der Waals surface area contributed by atoms with E-state index in [0.29, 0.717) is 0 Å². The molecule has 0 spiro atoms. The number of aryl methyl sites for hydroxylation is 1. The highest BCUT2D eigenvalue weighted by atomic mass is 35.5. The number of hydrogen-bond donors (Lipinski definition) is 0. The van der Waals surface area contributed by atoms with Crippen molar-refractivity contribution in [1.29, 1.82) is 0 Å². The Labute approximate surface area is 74.6 Å². The molecule has 0 fully saturated rings. The van der Waals surface area contributed by atoms with Gasteiger partial charge in [-0.1, -0.05) is 23.7 Å². The summed E-state index contributed by atoms with van der Waals surface area (Å²) in [6.07, 6.45) is 0. The first-order valence-corrected chi connectivity index (χ1v) is 4.09. The van der Waals surface area contributed by atoms with Crippen molar-refractivity contribution in [3.8, 4) is 0 Å². The van der Waals surface area contributed by atoms with E-state index in [0.717, 1.165) is 9.45 Å². The molecule has 0 bridgehead atoms. The summed E-state index contributed by atoms with van der Waals surface area (Å²) in [7, 11) is 0. The Kier molecular flexibility index (Phi) is 2.41. The predicted octanol–water partition coefficient (Wildman–Crippen LogP) is 1.75. The third kappa shape index (κ3) is 1.37. The van der Waals surface area contributed by atoms with Crippen LogP contribution in [-0.2, 0) is 0 Å². The third-order valence-electron chi connectivity index (χ3n) is 1.69. The fourth-order valence-electron chi connectivity index (χ4n) is 0.803. The lowest BCUT2D eigenvalue weighted by molar-refractivity contribution is 1.35. The van der Waals surface area contributed by atoms with Crippen LogP contribution in [0, 0.1) is 13.8 Å². The third-order valence-corrected chi connectivity index (χ3v) is 2.85. The molecule has 0 aromatic heterocycles. The van der Waals surface area contributed by atoms with Crippen LogP contribution >= 0.6 is 11.6 Å². The first-order valence-electron chi connectivity index (χ1n) is 3.14. The van der Waals surface area contributed by atoms with Gasteiger partial charge in [0.25, 0.3) is 0 Å². The second-order valence-electron chi connectivity index (χ2n) is 2.41. The molecule has 1 aromatic carbocycles. The largest absolute Gasteiger partial charge is 0.178 e.